The lowest BCUT2D eigenvalue weighted by Gasteiger charge is -2.27. The zero-order chi connectivity index (χ0) is 30.9. The van der Waals surface area contributed by atoms with Gasteiger partial charge in [0, 0.05) is 29.0 Å². The summed E-state index contributed by atoms with van der Waals surface area (Å²) in [5.74, 6) is -1.20. The van der Waals surface area contributed by atoms with Crippen LogP contribution in [0.15, 0.2) is 95.4 Å². The van der Waals surface area contributed by atoms with Gasteiger partial charge in [0.1, 0.15) is 17.2 Å². The van der Waals surface area contributed by atoms with E-state index in [1.807, 2.05) is 44.2 Å². The first-order chi connectivity index (χ1) is 20.3. The molecule has 0 spiro atoms. The second-order valence-corrected chi connectivity index (χ2v) is 12.6. The SMILES string of the molecule is CC(C)(NC(=O)c1cccc(-c2cc3c(C(N)=O)c(Cc4ccc(F)cc4)oc3cc2NS(C)(=O)=O)c1)c1ccccc1. The number of nitrogens with two attached hydrogens (primary N) is 1. The maximum absolute atomic E-state index is 13.4. The second-order valence-electron chi connectivity index (χ2n) is 10.9. The third kappa shape index (κ3) is 6.60. The fourth-order valence-electron chi connectivity index (χ4n) is 5.01. The number of hydrogen-bond donors (Lipinski definition) is 3. The lowest BCUT2D eigenvalue weighted by atomic mass is 9.93. The lowest BCUT2D eigenvalue weighted by Crippen LogP contribution is -2.40. The van der Waals surface area contributed by atoms with Crippen molar-refractivity contribution >= 4 is 38.5 Å². The molecule has 4 N–H and O–H groups in total. The average molecular weight is 600 g/mol. The Labute approximate surface area is 248 Å². The maximum Gasteiger partial charge on any atom is 0.252 e. The summed E-state index contributed by atoms with van der Waals surface area (Å²) in [4.78, 5) is 26.0. The van der Waals surface area contributed by atoms with Crippen LogP contribution in [0.4, 0.5) is 10.1 Å². The van der Waals surface area contributed by atoms with Gasteiger partial charge in [-0.1, -0.05) is 54.6 Å². The van der Waals surface area contributed by atoms with E-state index in [1.165, 1.54) is 18.2 Å². The number of fused-ring (bicyclic) bond motifs is 1. The molecule has 0 bridgehead atoms. The molecule has 4 aromatic carbocycles. The largest absolute Gasteiger partial charge is 0.460 e. The van der Waals surface area contributed by atoms with E-state index in [4.69, 9.17) is 10.2 Å². The summed E-state index contributed by atoms with van der Waals surface area (Å²) >= 11 is 0. The number of sulfonamides is 1. The molecule has 0 aliphatic heterocycles. The van der Waals surface area contributed by atoms with E-state index in [1.54, 1.807) is 42.5 Å². The maximum atomic E-state index is 13.4. The van der Waals surface area contributed by atoms with Crippen LogP contribution in [0.2, 0.25) is 0 Å². The van der Waals surface area contributed by atoms with E-state index >= 15 is 0 Å². The number of carbonyl (C=O) groups excluding carboxylic acids is 2. The Hall–Kier alpha value is -4.96. The van der Waals surface area contributed by atoms with Gasteiger partial charge >= 0.3 is 0 Å². The van der Waals surface area contributed by atoms with Gasteiger partial charge in [0.2, 0.25) is 10.0 Å². The van der Waals surface area contributed by atoms with Crippen molar-refractivity contribution in [3.8, 4) is 11.1 Å². The third-order valence-electron chi connectivity index (χ3n) is 7.08. The van der Waals surface area contributed by atoms with E-state index in [0.717, 1.165) is 11.8 Å². The van der Waals surface area contributed by atoms with Crippen molar-refractivity contribution in [2.45, 2.75) is 25.8 Å². The van der Waals surface area contributed by atoms with Crippen LogP contribution in [0.25, 0.3) is 22.1 Å². The first-order valence-electron chi connectivity index (χ1n) is 13.4. The summed E-state index contributed by atoms with van der Waals surface area (Å²) in [7, 11) is -3.73. The third-order valence-corrected chi connectivity index (χ3v) is 7.67. The number of carbonyl (C=O) groups is 2. The number of rotatable bonds is 9. The van der Waals surface area contributed by atoms with Gasteiger partial charge in [-0.25, -0.2) is 12.8 Å². The quantitative estimate of drug-likeness (QED) is 0.192. The van der Waals surface area contributed by atoms with E-state index < -0.39 is 27.3 Å². The van der Waals surface area contributed by atoms with Gasteiger partial charge in [-0.2, -0.15) is 0 Å². The Morgan fingerprint density at radius 3 is 2.28 bits per heavy atom. The first kappa shape index (κ1) is 29.5. The Balaban J connectivity index is 1.59. The van der Waals surface area contributed by atoms with Crippen molar-refractivity contribution in [1.82, 2.24) is 5.32 Å². The normalized spacial score (nSPS) is 11.8. The van der Waals surface area contributed by atoms with Crippen molar-refractivity contribution < 1.29 is 26.8 Å². The Bertz CT molecular complexity index is 1950. The number of furan rings is 1. The van der Waals surface area contributed by atoms with Crippen LogP contribution < -0.4 is 15.8 Å². The zero-order valence-corrected chi connectivity index (χ0v) is 24.6. The number of benzene rings is 4. The van der Waals surface area contributed by atoms with Crippen LogP contribution >= 0.6 is 0 Å². The molecule has 0 saturated heterocycles. The van der Waals surface area contributed by atoms with E-state index in [0.29, 0.717) is 27.6 Å². The topological polar surface area (TPSA) is 132 Å². The number of primary amides is 1. The molecule has 2 amide bonds. The number of nitrogens with one attached hydrogen (secondary N) is 2. The monoisotopic (exact) mass is 599 g/mol. The minimum Gasteiger partial charge on any atom is -0.460 e. The molecule has 5 rings (SSSR count). The van der Waals surface area contributed by atoms with Crippen LogP contribution in [0.1, 0.15) is 51.5 Å². The van der Waals surface area contributed by atoms with Crippen molar-refractivity contribution in [2.24, 2.45) is 5.73 Å². The van der Waals surface area contributed by atoms with Crippen LogP contribution in [0.3, 0.4) is 0 Å². The molecular formula is C33H30FN3O5S. The second kappa shape index (κ2) is 11.4. The van der Waals surface area contributed by atoms with Crippen LogP contribution in [0, 0.1) is 5.82 Å². The first-order valence-corrected chi connectivity index (χ1v) is 15.3. The van der Waals surface area contributed by atoms with Gasteiger partial charge < -0.3 is 15.5 Å². The predicted molar refractivity (Wildman–Crippen MR) is 165 cm³/mol. The molecule has 5 aromatic rings. The van der Waals surface area contributed by atoms with Crippen LogP contribution in [-0.2, 0) is 22.0 Å². The average Bonchev–Trinajstić information content (AvgIpc) is 3.30. The number of hydrogen-bond acceptors (Lipinski definition) is 5. The van der Waals surface area contributed by atoms with Crippen molar-refractivity contribution in [3.63, 3.8) is 0 Å². The molecule has 0 aliphatic rings. The number of anilines is 1. The highest BCUT2D eigenvalue weighted by molar-refractivity contribution is 7.92. The van der Waals surface area contributed by atoms with Crippen LogP contribution in [0.5, 0.6) is 0 Å². The molecule has 43 heavy (non-hydrogen) atoms. The molecule has 0 unspecified atom stereocenters. The minimum absolute atomic E-state index is 0.130. The minimum atomic E-state index is -3.73. The van der Waals surface area contributed by atoms with Crippen molar-refractivity contribution in [2.75, 3.05) is 11.0 Å². The molecule has 8 nitrogen and oxygen atoms in total. The standard InChI is InChI=1S/C33H30FN3O5S/c1-33(2,23-10-5-4-6-11-23)36-32(39)22-9-7-8-21(17-22)25-18-26-28(19-27(25)37-43(3,40)41)42-29(30(26)31(35)38)16-20-12-14-24(34)15-13-20/h4-15,17-19,37H,16H2,1-3H3,(H2,35,38)(H,36,39). The van der Waals surface area contributed by atoms with Gasteiger partial charge in [0.15, 0.2) is 0 Å². The van der Waals surface area contributed by atoms with Gasteiger partial charge in [-0.05, 0) is 60.9 Å². The van der Waals surface area contributed by atoms with E-state index in [-0.39, 0.29) is 34.9 Å². The Kier molecular flexibility index (Phi) is 7.81. The lowest BCUT2D eigenvalue weighted by molar-refractivity contribution is 0.0911. The van der Waals surface area contributed by atoms with Crippen molar-refractivity contribution in [1.29, 1.82) is 0 Å². The highest BCUT2D eigenvalue weighted by Crippen LogP contribution is 2.38. The van der Waals surface area contributed by atoms with Gasteiger partial charge in [0.25, 0.3) is 11.8 Å². The molecule has 0 fully saturated rings. The highest BCUT2D eigenvalue weighted by atomic mass is 32.2. The van der Waals surface area contributed by atoms with Gasteiger partial charge in [-0.3, -0.25) is 14.3 Å². The zero-order valence-electron chi connectivity index (χ0n) is 23.8. The summed E-state index contributed by atoms with van der Waals surface area (Å²) < 4.78 is 46.6. The van der Waals surface area contributed by atoms with Crippen LogP contribution in [-0.4, -0.2) is 26.5 Å². The Morgan fingerprint density at radius 1 is 0.930 bits per heavy atom. The molecule has 0 atom stereocenters. The molecule has 220 valence electrons. The summed E-state index contributed by atoms with van der Waals surface area (Å²) in [5, 5.41) is 3.43. The summed E-state index contributed by atoms with van der Waals surface area (Å²) in [6, 6.07) is 25.2. The summed E-state index contributed by atoms with van der Waals surface area (Å²) in [6.45, 7) is 3.81. The summed E-state index contributed by atoms with van der Waals surface area (Å²) in [5.41, 5.74) is 8.58. The molecule has 0 saturated carbocycles. The molecule has 1 aromatic heterocycles. The Morgan fingerprint density at radius 2 is 1.63 bits per heavy atom. The van der Waals surface area contributed by atoms with Gasteiger partial charge in [-0.15, -0.1) is 0 Å². The van der Waals surface area contributed by atoms with Crippen molar-refractivity contribution in [3.05, 3.63) is 125 Å². The molecule has 10 heteroatoms. The molecule has 1 heterocycles. The molecule has 0 radical (unpaired) electrons. The van der Waals surface area contributed by atoms with E-state index in [9.17, 15) is 22.4 Å². The molecule has 0 aliphatic carbocycles. The number of halogens is 1. The molecular weight excluding hydrogens is 569 g/mol. The fraction of sp³-hybridized carbons (Fsp3) is 0.152. The number of amides is 2. The van der Waals surface area contributed by atoms with E-state index in [2.05, 4.69) is 10.0 Å². The van der Waals surface area contributed by atoms with Gasteiger partial charge in [0.05, 0.1) is 23.0 Å². The smallest absolute Gasteiger partial charge is 0.252 e. The summed E-state index contributed by atoms with van der Waals surface area (Å²) in [6.07, 6.45) is 1.18. The predicted octanol–water partition coefficient (Wildman–Crippen LogP) is 5.97. The fourth-order valence-corrected chi connectivity index (χ4v) is 5.58. The highest BCUT2D eigenvalue weighted by Gasteiger charge is 2.25.